The summed E-state index contributed by atoms with van der Waals surface area (Å²) in [4.78, 5) is 4.13. The number of halogens is 1. The standard InChI is InChI=1S/C15H17ClN2O/c1-19-15-5-4-13(16)8-14(15)12(9-17)7-11-3-2-6-18-10-11/h2-6,8,10,12H,7,9,17H2,1H3. The third kappa shape index (κ3) is 3.46. The Kier molecular flexibility index (Phi) is 4.77. The van der Waals surface area contributed by atoms with Gasteiger partial charge in [0.1, 0.15) is 5.75 Å². The fraction of sp³-hybridized carbons (Fsp3) is 0.267. The van der Waals surface area contributed by atoms with Crippen LogP contribution in [0.25, 0.3) is 0 Å². The minimum Gasteiger partial charge on any atom is -0.496 e. The summed E-state index contributed by atoms with van der Waals surface area (Å²) in [6.07, 6.45) is 4.45. The zero-order chi connectivity index (χ0) is 13.7. The van der Waals surface area contributed by atoms with Crippen LogP contribution in [0.5, 0.6) is 5.75 Å². The lowest BCUT2D eigenvalue weighted by molar-refractivity contribution is 0.405. The van der Waals surface area contributed by atoms with Crippen molar-refractivity contribution < 1.29 is 4.74 Å². The Balaban J connectivity index is 2.29. The second-order valence-electron chi connectivity index (χ2n) is 4.38. The molecule has 2 aromatic rings. The fourth-order valence-corrected chi connectivity index (χ4v) is 2.33. The molecule has 0 spiro atoms. The van der Waals surface area contributed by atoms with Gasteiger partial charge >= 0.3 is 0 Å². The minimum atomic E-state index is 0.165. The maximum absolute atomic E-state index is 6.07. The van der Waals surface area contributed by atoms with Gasteiger partial charge in [-0.05, 0) is 42.8 Å². The second-order valence-corrected chi connectivity index (χ2v) is 4.82. The van der Waals surface area contributed by atoms with E-state index in [-0.39, 0.29) is 5.92 Å². The van der Waals surface area contributed by atoms with Crippen molar-refractivity contribution in [1.82, 2.24) is 4.98 Å². The van der Waals surface area contributed by atoms with Crippen molar-refractivity contribution in [2.75, 3.05) is 13.7 Å². The Morgan fingerprint density at radius 3 is 2.84 bits per heavy atom. The Morgan fingerprint density at radius 1 is 1.37 bits per heavy atom. The molecule has 100 valence electrons. The predicted octanol–water partition coefficient (Wildman–Crippen LogP) is 3.03. The normalized spacial score (nSPS) is 12.2. The van der Waals surface area contributed by atoms with Crippen molar-refractivity contribution in [3.05, 3.63) is 58.9 Å². The number of nitrogens with two attached hydrogens (primary N) is 1. The quantitative estimate of drug-likeness (QED) is 0.913. The first-order valence-corrected chi connectivity index (χ1v) is 6.54. The minimum absolute atomic E-state index is 0.165. The third-order valence-corrected chi connectivity index (χ3v) is 3.36. The molecule has 4 heteroatoms. The lowest BCUT2D eigenvalue weighted by Gasteiger charge is -2.18. The first kappa shape index (κ1) is 13.8. The van der Waals surface area contributed by atoms with Crippen LogP contribution in [0.1, 0.15) is 17.0 Å². The third-order valence-electron chi connectivity index (χ3n) is 3.12. The highest BCUT2D eigenvalue weighted by Gasteiger charge is 2.16. The van der Waals surface area contributed by atoms with Crippen LogP contribution in [0.15, 0.2) is 42.7 Å². The van der Waals surface area contributed by atoms with Crippen molar-refractivity contribution >= 4 is 11.6 Å². The molecule has 0 saturated heterocycles. The molecule has 3 nitrogen and oxygen atoms in total. The highest BCUT2D eigenvalue weighted by atomic mass is 35.5. The summed E-state index contributed by atoms with van der Waals surface area (Å²) in [6, 6.07) is 9.60. The van der Waals surface area contributed by atoms with Crippen molar-refractivity contribution in [1.29, 1.82) is 0 Å². The van der Waals surface area contributed by atoms with E-state index in [1.807, 2.05) is 36.5 Å². The molecule has 0 radical (unpaired) electrons. The molecule has 0 fully saturated rings. The molecular weight excluding hydrogens is 260 g/mol. The predicted molar refractivity (Wildman–Crippen MR) is 77.7 cm³/mol. The van der Waals surface area contributed by atoms with Gasteiger partial charge in [-0.2, -0.15) is 0 Å². The number of ether oxygens (including phenoxy) is 1. The lowest BCUT2D eigenvalue weighted by atomic mass is 9.92. The number of nitrogens with zero attached hydrogens (tertiary/aromatic N) is 1. The molecule has 19 heavy (non-hydrogen) atoms. The molecular formula is C15H17ClN2O. The van der Waals surface area contributed by atoms with E-state index in [1.165, 1.54) is 0 Å². The molecule has 1 unspecified atom stereocenters. The summed E-state index contributed by atoms with van der Waals surface area (Å²) in [6.45, 7) is 0.533. The largest absolute Gasteiger partial charge is 0.496 e. The summed E-state index contributed by atoms with van der Waals surface area (Å²) in [5.74, 6) is 0.988. The van der Waals surface area contributed by atoms with Crippen LogP contribution in [0.3, 0.4) is 0 Å². The highest BCUT2D eigenvalue weighted by Crippen LogP contribution is 2.31. The zero-order valence-electron chi connectivity index (χ0n) is 10.8. The van der Waals surface area contributed by atoms with E-state index in [0.29, 0.717) is 11.6 Å². The van der Waals surface area contributed by atoms with Gasteiger partial charge < -0.3 is 10.5 Å². The summed E-state index contributed by atoms with van der Waals surface area (Å²) in [7, 11) is 1.66. The van der Waals surface area contributed by atoms with Gasteiger partial charge in [0.2, 0.25) is 0 Å². The van der Waals surface area contributed by atoms with Crippen LogP contribution in [-0.2, 0) is 6.42 Å². The Morgan fingerprint density at radius 2 is 2.21 bits per heavy atom. The number of aromatic nitrogens is 1. The smallest absolute Gasteiger partial charge is 0.122 e. The molecule has 1 aromatic heterocycles. The average molecular weight is 277 g/mol. The topological polar surface area (TPSA) is 48.1 Å². The molecule has 0 bridgehead atoms. The van der Waals surface area contributed by atoms with Gasteiger partial charge in [-0.3, -0.25) is 4.98 Å². The summed E-state index contributed by atoms with van der Waals surface area (Å²) in [5, 5.41) is 0.695. The van der Waals surface area contributed by atoms with Gasteiger partial charge in [0.05, 0.1) is 7.11 Å². The second kappa shape index (κ2) is 6.55. The van der Waals surface area contributed by atoms with Crippen molar-refractivity contribution in [2.45, 2.75) is 12.3 Å². The van der Waals surface area contributed by atoms with Gasteiger partial charge in [-0.25, -0.2) is 0 Å². The van der Waals surface area contributed by atoms with E-state index in [4.69, 9.17) is 22.1 Å². The van der Waals surface area contributed by atoms with Crippen molar-refractivity contribution in [3.63, 3.8) is 0 Å². The first-order chi connectivity index (χ1) is 9.24. The zero-order valence-corrected chi connectivity index (χ0v) is 11.6. The Hall–Kier alpha value is -1.58. The molecule has 1 aromatic carbocycles. The van der Waals surface area contributed by atoms with Gasteiger partial charge in [-0.15, -0.1) is 0 Å². The number of methoxy groups -OCH3 is 1. The highest BCUT2D eigenvalue weighted by molar-refractivity contribution is 6.30. The van der Waals surface area contributed by atoms with Gasteiger partial charge in [0.15, 0.2) is 0 Å². The monoisotopic (exact) mass is 276 g/mol. The van der Waals surface area contributed by atoms with Crippen LogP contribution < -0.4 is 10.5 Å². The van der Waals surface area contributed by atoms with E-state index in [9.17, 15) is 0 Å². The lowest BCUT2D eigenvalue weighted by Crippen LogP contribution is -2.16. The van der Waals surface area contributed by atoms with Crippen molar-refractivity contribution in [3.8, 4) is 5.75 Å². The van der Waals surface area contributed by atoms with Crippen LogP contribution in [-0.4, -0.2) is 18.6 Å². The van der Waals surface area contributed by atoms with E-state index >= 15 is 0 Å². The number of rotatable bonds is 5. The number of pyridine rings is 1. The summed E-state index contributed by atoms with van der Waals surface area (Å²) < 4.78 is 5.39. The molecule has 2 N–H and O–H groups in total. The summed E-state index contributed by atoms with van der Waals surface area (Å²) >= 11 is 6.07. The van der Waals surface area contributed by atoms with Crippen LogP contribution in [0, 0.1) is 0 Å². The summed E-state index contributed by atoms with van der Waals surface area (Å²) in [5.41, 5.74) is 8.10. The van der Waals surface area contributed by atoms with E-state index in [0.717, 1.165) is 23.3 Å². The van der Waals surface area contributed by atoms with E-state index < -0.39 is 0 Å². The number of hydrogen-bond acceptors (Lipinski definition) is 3. The maximum Gasteiger partial charge on any atom is 0.122 e. The Labute approximate surface area is 118 Å². The molecule has 0 aliphatic carbocycles. The number of hydrogen-bond donors (Lipinski definition) is 1. The van der Waals surface area contributed by atoms with E-state index in [2.05, 4.69) is 4.98 Å². The molecule has 0 amide bonds. The molecule has 0 aliphatic heterocycles. The molecule has 0 saturated carbocycles. The molecule has 1 atom stereocenters. The SMILES string of the molecule is COc1ccc(Cl)cc1C(CN)Cc1cccnc1. The Bertz CT molecular complexity index is 531. The fourth-order valence-electron chi connectivity index (χ4n) is 2.15. The van der Waals surface area contributed by atoms with Crippen LogP contribution in [0.2, 0.25) is 5.02 Å². The van der Waals surface area contributed by atoms with Gasteiger partial charge in [-0.1, -0.05) is 17.7 Å². The molecule has 1 heterocycles. The average Bonchev–Trinajstić information content (AvgIpc) is 2.46. The maximum atomic E-state index is 6.07. The van der Waals surface area contributed by atoms with Gasteiger partial charge in [0, 0.05) is 28.9 Å². The van der Waals surface area contributed by atoms with E-state index in [1.54, 1.807) is 13.3 Å². The number of benzene rings is 1. The molecule has 0 aliphatic rings. The first-order valence-electron chi connectivity index (χ1n) is 6.17. The van der Waals surface area contributed by atoms with Crippen molar-refractivity contribution in [2.24, 2.45) is 5.73 Å². The van der Waals surface area contributed by atoms with Gasteiger partial charge in [0.25, 0.3) is 0 Å². The van der Waals surface area contributed by atoms with Crippen LogP contribution in [0.4, 0.5) is 0 Å². The van der Waals surface area contributed by atoms with Crippen LogP contribution >= 0.6 is 11.6 Å². The molecule has 2 rings (SSSR count).